The number of nitrogens with zero attached hydrogens (tertiary/aromatic N) is 1. The first-order valence-electron chi connectivity index (χ1n) is 5.61. The summed E-state index contributed by atoms with van der Waals surface area (Å²) in [6, 6.07) is 3.46. The van der Waals surface area contributed by atoms with Gasteiger partial charge in [0, 0.05) is 11.6 Å². The molecule has 1 aromatic carbocycles. The number of hydrogen-bond acceptors (Lipinski definition) is 3. The van der Waals surface area contributed by atoms with Gasteiger partial charge in [-0.3, -0.25) is 0 Å². The van der Waals surface area contributed by atoms with E-state index in [1.165, 1.54) is 0 Å². The fraction of sp³-hybridized carbons (Fsp3) is 0.417. The maximum atomic E-state index is 6.08. The number of halogens is 2. The van der Waals surface area contributed by atoms with Crippen LogP contribution in [0.25, 0.3) is 11.1 Å². The Kier molecular flexibility index (Phi) is 2.77. The van der Waals surface area contributed by atoms with E-state index in [2.05, 4.69) is 17.2 Å². The van der Waals surface area contributed by atoms with Gasteiger partial charge < -0.3 is 9.73 Å². The third-order valence-electron chi connectivity index (χ3n) is 3.26. The molecule has 2 unspecified atom stereocenters. The van der Waals surface area contributed by atoms with E-state index in [1.54, 1.807) is 12.1 Å². The van der Waals surface area contributed by atoms with Gasteiger partial charge in [-0.05, 0) is 24.6 Å². The zero-order chi connectivity index (χ0) is 12.0. The van der Waals surface area contributed by atoms with Gasteiger partial charge in [-0.2, -0.15) is 0 Å². The van der Waals surface area contributed by atoms with Gasteiger partial charge in [-0.15, -0.1) is 0 Å². The molecule has 3 rings (SSSR count). The zero-order valence-corrected chi connectivity index (χ0v) is 10.8. The van der Waals surface area contributed by atoms with E-state index in [1.807, 2.05) is 0 Å². The van der Waals surface area contributed by atoms with Crippen LogP contribution in [0.3, 0.4) is 0 Å². The zero-order valence-electron chi connectivity index (χ0n) is 9.34. The molecule has 0 aliphatic carbocycles. The molecule has 1 aliphatic heterocycles. The van der Waals surface area contributed by atoms with Crippen molar-refractivity contribution in [3.63, 3.8) is 0 Å². The molecule has 3 nitrogen and oxygen atoms in total. The molecule has 0 bridgehead atoms. The number of benzene rings is 1. The minimum Gasteiger partial charge on any atom is -0.439 e. The van der Waals surface area contributed by atoms with Crippen molar-refractivity contribution in [1.82, 2.24) is 10.3 Å². The third-order valence-corrected chi connectivity index (χ3v) is 3.76. The number of aromatic nitrogens is 1. The lowest BCUT2D eigenvalue weighted by atomic mass is 9.98. The Balaban J connectivity index is 2.10. The van der Waals surface area contributed by atoms with Gasteiger partial charge in [-0.25, -0.2) is 4.98 Å². The maximum Gasteiger partial charge on any atom is 0.200 e. The molecular formula is C12H12Cl2N2O. The monoisotopic (exact) mass is 270 g/mol. The lowest BCUT2D eigenvalue weighted by Crippen LogP contribution is -2.08. The van der Waals surface area contributed by atoms with Crippen LogP contribution < -0.4 is 5.32 Å². The first-order chi connectivity index (χ1) is 8.15. The summed E-state index contributed by atoms with van der Waals surface area (Å²) in [7, 11) is 0. The van der Waals surface area contributed by atoms with Gasteiger partial charge in [0.15, 0.2) is 11.5 Å². The van der Waals surface area contributed by atoms with Crippen molar-refractivity contribution >= 4 is 34.3 Å². The number of oxazole rings is 1. The van der Waals surface area contributed by atoms with E-state index in [4.69, 9.17) is 27.6 Å². The van der Waals surface area contributed by atoms with Crippen molar-refractivity contribution in [3.8, 4) is 0 Å². The van der Waals surface area contributed by atoms with Gasteiger partial charge in [-0.1, -0.05) is 30.1 Å². The average Bonchev–Trinajstić information content (AvgIpc) is 2.83. The van der Waals surface area contributed by atoms with Crippen LogP contribution in [-0.2, 0) is 0 Å². The highest BCUT2D eigenvalue weighted by molar-refractivity contribution is 6.37. The molecule has 17 heavy (non-hydrogen) atoms. The molecule has 2 atom stereocenters. The van der Waals surface area contributed by atoms with E-state index in [0.29, 0.717) is 27.5 Å². The highest BCUT2D eigenvalue weighted by atomic mass is 35.5. The van der Waals surface area contributed by atoms with Crippen LogP contribution in [0.4, 0.5) is 0 Å². The lowest BCUT2D eigenvalue weighted by molar-refractivity contribution is 0.435. The topological polar surface area (TPSA) is 38.1 Å². The molecule has 0 saturated carbocycles. The van der Waals surface area contributed by atoms with Crippen LogP contribution in [0.2, 0.25) is 10.0 Å². The summed E-state index contributed by atoms with van der Waals surface area (Å²) in [5.41, 5.74) is 1.36. The molecule has 1 saturated heterocycles. The Labute approximate surface area is 109 Å². The van der Waals surface area contributed by atoms with E-state index in [-0.39, 0.29) is 0 Å². The molecule has 1 fully saturated rings. The summed E-state index contributed by atoms with van der Waals surface area (Å²) in [5, 5.41) is 4.43. The fourth-order valence-corrected chi connectivity index (χ4v) is 2.80. The smallest absolute Gasteiger partial charge is 0.200 e. The molecular weight excluding hydrogens is 259 g/mol. The predicted molar refractivity (Wildman–Crippen MR) is 68.8 cm³/mol. The molecule has 90 valence electrons. The number of hydrogen-bond donors (Lipinski definition) is 1. The van der Waals surface area contributed by atoms with E-state index in [9.17, 15) is 0 Å². The van der Waals surface area contributed by atoms with Crippen LogP contribution in [0.1, 0.15) is 18.7 Å². The van der Waals surface area contributed by atoms with Gasteiger partial charge in [0.1, 0.15) is 5.52 Å². The Bertz CT molecular complexity index is 567. The molecule has 0 radical (unpaired) electrons. The Morgan fingerprint density at radius 1 is 1.35 bits per heavy atom. The standard InChI is InChI=1S/C12H12Cl2N2O/c1-6-4-15-5-8(6)12-16-10-3-7(13)2-9(14)11(10)17-12/h2-3,6,8,15H,4-5H2,1H3. The van der Waals surface area contributed by atoms with Gasteiger partial charge in [0.2, 0.25) is 0 Å². The van der Waals surface area contributed by atoms with Gasteiger partial charge >= 0.3 is 0 Å². The Morgan fingerprint density at radius 2 is 2.18 bits per heavy atom. The summed E-state index contributed by atoms with van der Waals surface area (Å²) in [6.45, 7) is 4.09. The molecule has 0 amide bonds. The van der Waals surface area contributed by atoms with E-state index < -0.39 is 0 Å². The lowest BCUT2D eigenvalue weighted by Gasteiger charge is -2.08. The number of nitrogens with one attached hydrogen (secondary N) is 1. The van der Waals surface area contributed by atoms with Crippen LogP contribution >= 0.6 is 23.2 Å². The van der Waals surface area contributed by atoms with Crippen molar-refractivity contribution in [2.24, 2.45) is 5.92 Å². The second kappa shape index (κ2) is 4.16. The van der Waals surface area contributed by atoms with Crippen molar-refractivity contribution in [3.05, 3.63) is 28.1 Å². The summed E-state index contributed by atoms with van der Waals surface area (Å²) in [6.07, 6.45) is 0. The van der Waals surface area contributed by atoms with Crippen LogP contribution in [0.15, 0.2) is 16.5 Å². The second-order valence-corrected chi connectivity index (χ2v) is 5.37. The molecule has 2 aromatic rings. The SMILES string of the molecule is CC1CNCC1c1nc2cc(Cl)cc(Cl)c2o1. The quantitative estimate of drug-likeness (QED) is 0.863. The average molecular weight is 271 g/mol. The summed E-state index contributed by atoms with van der Waals surface area (Å²) >= 11 is 12.0. The minimum atomic E-state index is 0.317. The van der Waals surface area contributed by atoms with Crippen molar-refractivity contribution in [1.29, 1.82) is 0 Å². The van der Waals surface area contributed by atoms with Crippen LogP contribution in [0.5, 0.6) is 0 Å². The second-order valence-electron chi connectivity index (χ2n) is 4.53. The van der Waals surface area contributed by atoms with E-state index >= 15 is 0 Å². The highest BCUT2D eigenvalue weighted by Gasteiger charge is 2.29. The van der Waals surface area contributed by atoms with Crippen molar-refractivity contribution in [2.75, 3.05) is 13.1 Å². The van der Waals surface area contributed by atoms with Crippen LogP contribution in [0, 0.1) is 5.92 Å². The molecule has 5 heteroatoms. The number of rotatable bonds is 1. The highest BCUT2D eigenvalue weighted by Crippen LogP contribution is 2.33. The Morgan fingerprint density at radius 3 is 2.88 bits per heavy atom. The van der Waals surface area contributed by atoms with Gasteiger partial charge in [0.05, 0.1) is 10.9 Å². The Hall–Kier alpha value is -0.770. The summed E-state index contributed by atoms with van der Waals surface area (Å²) in [4.78, 5) is 4.49. The summed E-state index contributed by atoms with van der Waals surface area (Å²) in [5.74, 6) is 1.59. The minimum absolute atomic E-state index is 0.317. The van der Waals surface area contributed by atoms with Crippen molar-refractivity contribution < 1.29 is 4.42 Å². The van der Waals surface area contributed by atoms with Crippen LogP contribution in [-0.4, -0.2) is 18.1 Å². The molecule has 1 aliphatic rings. The molecule has 1 N–H and O–H groups in total. The third kappa shape index (κ3) is 1.92. The molecule has 2 heterocycles. The number of fused-ring (bicyclic) bond motifs is 1. The van der Waals surface area contributed by atoms with E-state index in [0.717, 1.165) is 24.5 Å². The largest absolute Gasteiger partial charge is 0.439 e. The maximum absolute atomic E-state index is 6.08. The van der Waals surface area contributed by atoms with Crippen molar-refractivity contribution in [2.45, 2.75) is 12.8 Å². The normalized spacial score (nSPS) is 24.6. The first kappa shape index (κ1) is 11.3. The van der Waals surface area contributed by atoms with Gasteiger partial charge in [0.25, 0.3) is 0 Å². The molecule has 1 aromatic heterocycles. The fourth-order valence-electron chi connectivity index (χ4n) is 2.28. The predicted octanol–water partition coefficient (Wildman–Crippen LogP) is 3.46. The molecule has 0 spiro atoms. The first-order valence-corrected chi connectivity index (χ1v) is 6.37. The summed E-state index contributed by atoms with van der Waals surface area (Å²) < 4.78 is 5.77.